The highest BCUT2D eigenvalue weighted by molar-refractivity contribution is 6.42. The molecule has 0 saturated carbocycles. The van der Waals surface area contributed by atoms with Gasteiger partial charge in [0.1, 0.15) is 5.75 Å². The highest BCUT2D eigenvalue weighted by Gasteiger charge is 2.11. The SMILES string of the molecule is O=C(c1ccc(-c2ccc(O)cc2)cc1)c1ccc(Cl)c(Cl)c1. The van der Waals surface area contributed by atoms with Gasteiger partial charge in [-0.15, -0.1) is 0 Å². The fourth-order valence-corrected chi connectivity index (χ4v) is 2.57. The third kappa shape index (κ3) is 3.39. The van der Waals surface area contributed by atoms with Crippen LogP contribution in [-0.2, 0) is 0 Å². The van der Waals surface area contributed by atoms with Gasteiger partial charge in [-0.3, -0.25) is 4.79 Å². The number of phenols is 1. The molecule has 23 heavy (non-hydrogen) atoms. The summed E-state index contributed by atoms with van der Waals surface area (Å²) in [7, 11) is 0. The predicted octanol–water partition coefficient (Wildman–Crippen LogP) is 5.60. The molecule has 0 aromatic heterocycles. The number of carbonyl (C=O) groups excluding carboxylic acids is 1. The van der Waals surface area contributed by atoms with E-state index in [9.17, 15) is 9.90 Å². The first-order chi connectivity index (χ1) is 11.0. The zero-order valence-electron chi connectivity index (χ0n) is 12.0. The molecule has 0 saturated heterocycles. The molecule has 0 heterocycles. The van der Waals surface area contributed by atoms with Gasteiger partial charge in [-0.25, -0.2) is 0 Å². The van der Waals surface area contributed by atoms with Crippen LogP contribution in [0.1, 0.15) is 15.9 Å². The predicted molar refractivity (Wildman–Crippen MR) is 93.4 cm³/mol. The van der Waals surface area contributed by atoms with E-state index in [0.29, 0.717) is 21.2 Å². The number of phenolic OH excluding ortho intramolecular Hbond substituents is 1. The molecule has 0 radical (unpaired) electrons. The topological polar surface area (TPSA) is 37.3 Å². The van der Waals surface area contributed by atoms with Crippen molar-refractivity contribution in [2.75, 3.05) is 0 Å². The first-order valence-electron chi connectivity index (χ1n) is 6.94. The summed E-state index contributed by atoms with van der Waals surface area (Å²) in [6.45, 7) is 0. The summed E-state index contributed by atoms with van der Waals surface area (Å²) in [5.41, 5.74) is 3.01. The molecule has 0 unspecified atom stereocenters. The van der Waals surface area contributed by atoms with Crippen LogP contribution < -0.4 is 0 Å². The zero-order valence-corrected chi connectivity index (χ0v) is 13.5. The number of benzene rings is 3. The average Bonchev–Trinajstić information content (AvgIpc) is 2.57. The number of hydrogen-bond donors (Lipinski definition) is 1. The van der Waals surface area contributed by atoms with E-state index in [1.165, 1.54) is 0 Å². The molecule has 3 aromatic carbocycles. The van der Waals surface area contributed by atoms with Gasteiger partial charge >= 0.3 is 0 Å². The molecule has 0 aliphatic rings. The Morgan fingerprint density at radius 1 is 0.696 bits per heavy atom. The van der Waals surface area contributed by atoms with Crippen LogP contribution >= 0.6 is 23.2 Å². The van der Waals surface area contributed by atoms with E-state index in [1.807, 2.05) is 24.3 Å². The molecule has 0 fully saturated rings. The number of rotatable bonds is 3. The summed E-state index contributed by atoms with van der Waals surface area (Å²) in [6, 6.07) is 19.0. The average molecular weight is 343 g/mol. The molecule has 0 bridgehead atoms. The summed E-state index contributed by atoms with van der Waals surface area (Å²) in [6.07, 6.45) is 0. The molecule has 1 N–H and O–H groups in total. The first kappa shape index (κ1) is 15.6. The van der Waals surface area contributed by atoms with E-state index in [2.05, 4.69) is 0 Å². The molecular formula is C19H12Cl2O2. The Morgan fingerprint density at radius 2 is 1.22 bits per heavy atom. The first-order valence-corrected chi connectivity index (χ1v) is 7.69. The van der Waals surface area contributed by atoms with Crippen LogP contribution in [0.3, 0.4) is 0 Å². The normalized spacial score (nSPS) is 10.5. The van der Waals surface area contributed by atoms with Gasteiger partial charge in [0, 0.05) is 11.1 Å². The standard InChI is InChI=1S/C19H12Cl2O2/c20-17-10-7-15(11-18(17)21)19(23)14-3-1-12(2-4-14)13-5-8-16(22)9-6-13/h1-11,22H. The number of halogens is 2. The maximum atomic E-state index is 12.5. The quantitative estimate of drug-likeness (QED) is 0.629. The van der Waals surface area contributed by atoms with Gasteiger partial charge in [-0.05, 0) is 41.5 Å². The lowest BCUT2D eigenvalue weighted by Gasteiger charge is -2.06. The maximum absolute atomic E-state index is 12.5. The molecule has 0 aliphatic carbocycles. The Balaban J connectivity index is 1.88. The number of carbonyl (C=O) groups is 1. The van der Waals surface area contributed by atoms with E-state index in [0.717, 1.165) is 11.1 Å². The van der Waals surface area contributed by atoms with Crippen LogP contribution in [0.2, 0.25) is 10.0 Å². The molecule has 4 heteroatoms. The summed E-state index contributed by atoms with van der Waals surface area (Å²) in [4.78, 5) is 12.5. The molecule has 0 amide bonds. The van der Waals surface area contributed by atoms with Crippen LogP contribution in [0.5, 0.6) is 5.75 Å². The Labute approximate surface area is 143 Å². The Hall–Kier alpha value is -2.29. The van der Waals surface area contributed by atoms with Crippen molar-refractivity contribution in [3.8, 4) is 16.9 Å². The fraction of sp³-hybridized carbons (Fsp3) is 0. The molecule has 0 aliphatic heterocycles. The second-order valence-corrected chi connectivity index (χ2v) is 5.90. The van der Waals surface area contributed by atoms with Gasteiger partial charge in [0.15, 0.2) is 5.78 Å². The van der Waals surface area contributed by atoms with E-state index in [-0.39, 0.29) is 11.5 Å². The molecular weight excluding hydrogens is 331 g/mol. The van der Waals surface area contributed by atoms with Gasteiger partial charge in [-0.2, -0.15) is 0 Å². The highest BCUT2D eigenvalue weighted by atomic mass is 35.5. The molecule has 2 nitrogen and oxygen atoms in total. The summed E-state index contributed by atoms with van der Waals surface area (Å²) in [5.74, 6) is 0.112. The lowest BCUT2D eigenvalue weighted by atomic mass is 9.99. The van der Waals surface area contributed by atoms with Crippen LogP contribution in [0.25, 0.3) is 11.1 Å². The molecule has 3 rings (SSSR count). The minimum absolute atomic E-state index is 0.110. The van der Waals surface area contributed by atoms with Gasteiger partial charge < -0.3 is 5.11 Å². The van der Waals surface area contributed by atoms with E-state index < -0.39 is 0 Å². The fourth-order valence-electron chi connectivity index (χ4n) is 2.27. The summed E-state index contributed by atoms with van der Waals surface area (Å²) >= 11 is 11.8. The summed E-state index contributed by atoms with van der Waals surface area (Å²) in [5, 5.41) is 10.1. The second-order valence-electron chi connectivity index (χ2n) is 5.08. The molecule has 114 valence electrons. The van der Waals surface area contributed by atoms with Crippen molar-refractivity contribution in [2.24, 2.45) is 0 Å². The van der Waals surface area contributed by atoms with Gasteiger partial charge in [0.2, 0.25) is 0 Å². The van der Waals surface area contributed by atoms with Crippen molar-refractivity contribution in [3.05, 3.63) is 87.9 Å². The van der Waals surface area contributed by atoms with E-state index in [4.69, 9.17) is 23.2 Å². The third-order valence-corrected chi connectivity index (χ3v) is 4.27. The minimum atomic E-state index is -0.110. The smallest absolute Gasteiger partial charge is 0.193 e. The van der Waals surface area contributed by atoms with Gasteiger partial charge in [0.25, 0.3) is 0 Å². The van der Waals surface area contributed by atoms with Crippen molar-refractivity contribution in [1.82, 2.24) is 0 Å². The Bertz CT molecular complexity index is 854. The van der Waals surface area contributed by atoms with Crippen LogP contribution in [0, 0.1) is 0 Å². The Morgan fingerprint density at radius 3 is 1.78 bits per heavy atom. The van der Waals surface area contributed by atoms with E-state index >= 15 is 0 Å². The van der Waals surface area contributed by atoms with Crippen LogP contribution in [0.4, 0.5) is 0 Å². The van der Waals surface area contributed by atoms with Crippen molar-refractivity contribution < 1.29 is 9.90 Å². The minimum Gasteiger partial charge on any atom is -0.508 e. The number of ketones is 1. The van der Waals surface area contributed by atoms with Crippen molar-refractivity contribution >= 4 is 29.0 Å². The molecule has 3 aromatic rings. The van der Waals surface area contributed by atoms with Crippen molar-refractivity contribution in [3.63, 3.8) is 0 Å². The third-order valence-electron chi connectivity index (χ3n) is 3.53. The Kier molecular flexibility index (Phi) is 4.37. The lowest BCUT2D eigenvalue weighted by Crippen LogP contribution is -2.01. The number of aromatic hydroxyl groups is 1. The number of hydrogen-bond acceptors (Lipinski definition) is 2. The van der Waals surface area contributed by atoms with Gasteiger partial charge in [0.05, 0.1) is 10.0 Å². The van der Waals surface area contributed by atoms with Crippen LogP contribution in [0.15, 0.2) is 66.7 Å². The highest BCUT2D eigenvalue weighted by Crippen LogP contribution is 2.25. The van der Waals surface area contributed by atoms with Crippen molar-refractivity contribution in [2.45, 2.75) is 0 Å². The maximum Gasteiger partial charge on any atom is 0.193 e. The lowest BCUT2D eigenvalue weighted by molar-refractivity contribution is 0.103. The van der Waals surface area contributed by atoms with Crippen LogP contribution in [-0.4, -0.2) is 10.9 Å². The summed E-state index contributed by atoms with van der Waals surface area (Å²) < 4.78 is 0. The molecule has 0 atom stereocenters. The monoisotopic (exact) mass is 342 g/mol. The van der Waals surface area contributed by atoms with Crippen molar-refractivity contribution in [1.29, 1.82) is 0 Å². The second kappa shape index (κ2) is 6.45. The zero-order chi connectivity index (χ0) is 16.4. The largest absolute Gasteiger partial charge is 0.508 e. The van der Waals surface area contributed by atoms with Gasteiger partial charge in [-0.1, -0.05) is 59.6 Å². The molecule has 0 spiro atoms. The van der Waals surface area contributed by atoms with E-state index in [1.54, 1.807) is 42.5 Å².